The van der Waals surface area contributed by atoms with Crippen LogP contribution in [0.2, 0.25) is 0 Å². The van der Waals surface area contributed by atoms with Crippen LogP contribution in [0.15, 0.2) is 66.9 Å². The van der Waals surface area contributed by atoms with E-state index < -0.39 is 0 Å². The Hall–Kier alpha value is -2.68. The molecule has 0 saturated carbocycles. The van der Waals surface area contributed by atoms with Crippen molar-refractivity contribution in [1.82, 2.24) is 9.97 Å². The van der Waals surface area contributed by atoms with Crippen molar-refractivity contribution in [3.8, 4) is 22.4 Å². The highest BCUT2D eigenvalue weighted by Crippen LogP contribution is 2.25. The fourth-order valence-electron chi connectivity index (χ4n) is 3.04. The minimum absolute atomic E-state index is 0.854. The van der Waals surface area contributed by atoms with E-state index in [1.165, 1.54) is 24.0 Å². The van der Waals surface area contributed by atoms with Crippen LogP contribution in [0.3, 0.4) is 0 Å². The van der Waals surface area contributed by atoms with E-state index in [1.54, 1.807) is 0 Å². The first-order chi connectivity index (χ1) is 11.4. The second-order valence-corrected chi connectivity index (χ2v) is 5.88. The minimum atomic E-state index is 0.854. The molecule has 1 aromatic heterocycles. The first-order valence-electron chi connectivity index (χ1n) is 8.14. The number of rotatable bonds is 3. The molecule has 2 heterocycles. The lowest BCUT2D eigenvalue weighted by molar-refractivity contribution is 0.900. The van der Waals surface area contributed by atoms with E-state index in [4.69, 9.17) is 4.98 Å². The molecule has 0 aliphatic carbocycles. The van der Waals surface area contributed by atoms with Crippen molar-refractivity contribution in [2.75, 3.05) is 18.0 Å². The van der Waals surface area contributed by atoms with Crippen molar-refractivity contribution in [1.29, 1.82) is 0 Å². The number of nitrogens with zero attached hydrogens (tertiary/aromatic N) is 3. The Morgan fingerprint density at radius 1 is 0.696 bits per heavy atom. The zero-order chi connectivity index (χ0) is 15.5. The Morgan fingerprint density at radius 2 is 1.35 bits per heavy atom. The van der Waals surface area contributed by atoms with Gasteiger partial charge in [0, 0.05) is 24.8 Å². The third-order valence-corrected chi connectivity index (χ3v) is 4.32. The molecule has 0 atom stereocenters. The maximum absolute atomic E-state index is 4.74. The lowest BCUT2D eigenvalue weighted by Crippen LogP contribution is -2.20. The lowest BCUT2D eigenvalue weighted by Gasteiger charge is -2.15. The summed E-state index contributed by atoms with van der Waals surface area (Å²) in [4.78, 5) is 11.4. The molecule has 0 amide bonds. The molecule has 23 heavy (non-hydrogen) atoms. The maximum Gasteiger partial charge on any atom is 0.225 e. The maximum atomic E-state index is 4.74. The van der Waals surface area contributed by atoms with Gasteiger partial charge in [-0.1, -0.05) is 54.6 Å². The highest BCUT2D eigenvalue weighted by atomic mass is 15.3. The van der Waals surface area contributed by atoms with Crippen LogP contribution in [0.5, 0.6) is 0 Å². The highest BCUT2D eigenvalue weighted by Gasteiger charge is 2.15. The van der Waals surface area contributed by atoms with Crippen LogP contribution < -0.4 is 4.90 Å². The van der Waals surface area contributed by atoms with Crippen molar-refractivity contribution in [3.05, 3.63) is 66.9 Å². The third kappa shape index (κ3) is 2.95. The molecule has 1 fully saturated rings. The first-order valence-corrected chi connectivity index (χ1v) is 8.14. The van der Waals surface area contributed by atoms with Gasteiger partial charge in [-0.25, -0.2) is 9.97 Å². The van der Waals surface area contributed by atoms with E-state index in [0.29, 0.717) is 0 Å². The molecule has 3 aromatic rings. The summed E-state index contributed by atoms with van der Waals surface area (Å²) < 4.78 is 0. The molecule has 3 nitrogen and oxygen atoms in total. The second-order valence-electron chi connectivity index (χ2n) is 5.88. The van der Waals surface area contributed by atoms with Crippen molar-refractivity contribution < 1.29 is 0 Å². The molecule has 2 aromatic carbocycles. The van der Waals surface area contributed by atoms with E-state index in [-0.39, 0.29) is 0 Å². The molecule has 0 radical (unpaired) electrons. The van der Waals surface area contributed by atoms with Gasteiger partial charge in [-0.3, -0.25) is 0 Å². The average molecular weight is 301 g/mol. The Bertz CT molecular complexity index is 775. The van der Waals surface area contributed by atoms with Gasteiger partial charge in [-0.05, 0) is 30.0 Å². The van der Waals surface area contributed by atoms with Crippen LogP contribution in [0.4, 0.5) is 5.95 Å². The molecule has 0 spiro atoms. The molecule has 114 valence electrons. The van der Waals surface area contributed by atoms with Gasteiger partial charge >= 0.3 is 0 Å². The topological polar surface area (TPSA) is 29.0 Å². The van der Waals surface area contributed by atoms with Gasteiger partial charge in [0.1, 0.15) is 0 Å². The molecule has 0 unspecified atom stereocenters. The number of hydrogen-bond acceptors (Lipinski definition) is 3. The summed E-state index contributed by atoms with van der Waals surface area (Å²) in [5.41, 5.74) is 4.58. The van der Waals surface area contributed by atoms with Crippen LogP contribution in [0.1, 0.15) is 12.8 Å². The van der Waals surface area contributed by atoms with Gasteiger partial charge < -0.3 is 4.90 Å². The van der Waals surface area contributed by atoms with Gasteiger partial charge in [0.05, 0.1) is 5.69 Å². The predicted molar refractivity (Wildman–Crippen MR) is 94.4 cm³/mol. The molecule has 3 heteroatoms. The van der Waals surface area contributed by atoms with Crippen molar-refractivity contribution in [3.63, 3.8) is 0 Å². The van der Waals surface area contributed by atoms with Crippen molar-refractivity contribution >= 4 is 5.95 Å². The van der Waals surface area contributed by atoms with Crippen LogP contribution in [-0.4, -0.2) is 23.1 Å². The zero-order valence-electron chi connectivity index (χ0n) is 13.0. The number of benzene rings is 2. The van der Waals surface area contributed by atoms with E-state index in [2.05, 4.69) is 58.4 Å². The van der Waals surface area contributed by atoms with Crippen LogP contribution in [0, 0.1) is 0 Å². The summed E-state index contributed by atoms with van der Waals surface area (Å²) in [7, 11) is 0. The Balaban J connectivity index is 1.62. The standard InChI is InChI=1S/C20H19N3/c1-2-6-16(7-3-1)17-8-10-18(11-9-17)19-12-13-21-20(22-19)23-14-4-5-15-23/h1-3,6-13H,4-5,14-15H2. The summed E-state index contributed by atoms with van der Waals surface area (Å²) in [6.07, 6.45) is 4.33. The summed E-state index contributed by atoms with van der Waals surface area (Å²) in [6, 6.07) is 21.0. The largest absolute Gasteiger partial charge is 0.341 e. The molecule has 4 rings (SSSR count). The zero-order valence-corrected chi connectivity index (χ0v) is 13.0. The summed E-state index contributed by atoms with van der Waals surface area (Å²) >= 11 is 0. The van der Waals surface area contributed by atoms with E-state index in [0.717, 1.165) is 30.3 Å². The molecule has 0 N–H and O–H groups in total. The Labute approximate surface area is 136 Å². The van der Waals surface area contributed by atoms with Crippen LogP contribution >= 0.6 is 0 Å². The molecular formula is C20H19N3. The van der Waals surface area contributed by atoms with Crippen LogP contribution in [-0.2, 0) is 0 Å². The Morgan fingerprint density at radius 3 is 2.09 bits per heavy atom. The van der Waals surface area contributed by atoms with Gasteiger partial charge in [0.15, 0.2) is 0 Å². The third-order valence-electron chi connectivity index (χ3n) is 4.32. The lowest BCUT2D eigenvalue weighted by atomic mass is 10.0. The SMILES string of the molecule is c1ccc(-c2ccc(-c3ccnc(N4CCCC4)n3)cc2)cc1. The van der Waals surface area contributed by atoms with Gasteiger partial charge in [-0.15, -0.1) is 0 Å². The minimum Gasteiger partial charge on any atom is -0.341 e. The van der Waals surface area contributed by atoms with Gasteiger partial charge in [-0.2, -0.15) is 0 Å². The molecule has 1 aliphatic rings. The van der Waals surface area contributed by atoms with E-state index in [9.17, 15) is 0 Å². The van der Waals surface area contributed by atoms with E-state index in [1.807, 2.05) is 18.3 Å². The van der Waals surface area contributed by atoms with Crippen molar-refractivity contribution in [2.45, 2.75) is 12.8 Å². The quantitative estimate of drug-likeness (QED) is 0.717. The smallest absolute Gasteiger partial charge is 0.225 e. The number of anilines is 1. The average Bonchev–Trinajstić information content (AvgIpc) is 3.18. The molecule has 0 bridgehead atoms. The van der Waals surface area contributed by atoms with Gasteiger partial charge in [0.25, 0.3) is 0 Å². The van der Waals surface area contributed by atoms with E-state index >= 15 is 0 Å². The fourth-order valence-corrected chi connectivity index (χ4v) is 3.04. The molecule has 1 aliphatic heterocycles. The number of hydrogen-bond donors (Lipinski definition) is 0. The predicted octanol–water partition coefficient (Wildman–Crippen LogP) is 4.41. The summed E-state index contributed by atoms with van der Waals surface area (Å²) in [6.45, 7) is 2.13. The highest BCUT2D eigenvalue weighted by molar-refractivity contribution is 5.69. The van der Waals surface area contributed by atoms with Crippen molar-refractivity contribution in [2.24, 2.45) is 0 Å². The fraction of sp³-hybridized carbons (Fsp3) is 0.200. The number of aromatic nitrogens is 2. The van der Waals surface area contributed by atoms with Crippen LogP contribution in [0.25, 0.3) is 22.4 Å². The summed E-state index contributed by atoms with van der Waals surface area (Å²) in [5, 5.41) is 0. The first kappa shape index (κ1) is 13.9. The van der Waals surface area contributed by atoms with Gasteiger partial charge in [0.2, 0.25) is 5.95 Å². The summed E-state index contributed by atoms with van der Waals surface area (Å²) in [5.74, 6) is 0.854. The normalized spacial score (nSPS) is 14.2. The second kappa shape index (κ2) is 6.21. The Kier molecular flexibility index (Phi) is 3.76. The molecule has 1 saturated heterocycles. The molecular weight excluding hydrogens is 282 g/mol. The monoisotopic (exact) mass is 301 g/mol.